The number of rotatable bonds is 9. The van der Waals surface area contributed by atoms with E-state index in [1.54, 1.807) is 30.0 Å². The molecule has 0 saturated carbocycles. The monoisotopic (exact) mass is 498 g/mol. The second kappa shape index (κ2) is 13.7. The van der Waals surface area contributed by atoms with Gasteiger partial charge in [0.2, 0.25) is 5.17 Å². The van der Waals surface area contributed by atoms with Crippen LogP contribution in [0.15, 0.2) is 106 Å². The van der Waals surface area contributed by atoms with Crippen molar-refractivity contribution in [1.29, 1.82) is 0 Å². The fraction of sp³-hybridized carbons (Fsp3) is 0.143. The molecule has 3 aromatic rings. The molecule has 0 atom stereocenters. The Hall–Kier alpha value is -4.17. The van der Waals surface area contributed by atoms with Crippen LogP contribution >= 0.6 is 11.8 Å². The van der Waals surface area contributed by atoms with Crippen molar-refractivity contribution in [2.45, 2.75) is 0 Å². The van der Waals surface area contributed by atoms with Crippen LogP contribution in [0.3, 0.4) is 0 Å². The number of hydrogen-bond donors (Lipinski definition) is 1. The molecule has 0 heterocycles. The molecule has 0 bridgehead atoms. The molecule has 1 N–H and O–H groups in total. The summed E-state index contributed by atoms with van der Waals surface area (Å²) in [6, 6.07) is 25.1. The zero-order valence-corrected chi connectivity index (χ0v) is 21.7. The summed E-state index contributed by atoms with van der Waals surface area (Å²) in [7, 11) is 7.99. The number of hydrogen-bond acceptors (Lipinski definition) is 7. The summed E-state index contributed by atoms with van der Waals surface area (Å²) < 4.78 is 0. The van der Waals surface area contributed by atoms with E-state index in [9.17, 15) is 4.79 Å². The van der Waals surface area contributed by atoms with Gasteiger partial charge >= 0.3 is 0 Å². The molecule has 3 rings (SSSR count). The number of ketones is 1. The normalized spacial score (nSPS) is 11.9. The van der Waals surface area contributed by atoms with E-state index in [4.69, 9.17) is 0 Å². The van der Waals surface area contributed by atoms with E-state index in [-0.39, 0.29) is 5.78 Å². The summed E-state index contributed by atoms with van der Waals surface area (Å²) in [4.78, 5) is 16.4. The van der Waals surface area contributed by atoms with Crippen LogP contribution in [-0.4, -0.2) is 51.6 Å². The van der Waals surface area contributed by atoms with Crippen LogP contribution in [0.4, 0.5) is 11.4 Å². The Labute approximate surface area is 216 Å². The number of carbonyl (C=O) groups is 1. The van der Waals surface area contributed by atoms with E-state index >= 15 is 0 Å². The standard InChI is InChI=1S/C28H30N6OS/c1-33(2)25-14-10-22(11-15-25)20-29-31-28(36-19-18-27(35)24-8-6-5-7-9-24)32-30-21-23-12-16-26(17-13-23)34(3)4/h5-21H,1-4H3,(H,31,32)/b19-18+,29-20+,30-21+. The minimum absolute atomic E-state index is 0.0867. The smallest absolute Gasteiger partial charge is 0.207 e. The van der Waals surface area contributed by atoms with Gasteiger partial charge in [-0.1, -0.05) is 66.4 Å². The average Bonchev–Trinajstić information content (AvgIpc) is 2.89. The summed E-state index contributed by atoms with van der Waals surface area (Å²) in [5, 5.41) is 14.8. The molecule has 7 nitrogen and oxygen atoms in total. The average molecular weight is 499 g/mol. The third-order valence-electron chi connectivity index (χ3n) is 5.01. The molecule has 8 heteroatoms. The summed E-state index contributed by atoms with van der Waals surface area (Å²) in [6.07, 6.45) is 4.88. The predicted octanol–water partition coefficient (Wildman–Crippen LogP) is 5.26. The number of nitrogens with one attached hydrogen (secondary N) is 1. The van der Waals surface area contributed by atoms with Gasteiger partial charge in [-0.2, -0.15) is 10.2 Å². The second-order valence-corrected chi connectivity index (χ2v) is 9.04. The molecule has 0 fully saturated rings. The van der Waals surface area contributed by atoms with Gasteiger partial charge in [0.1, 0.15) is 0 Å². The lowest BCUT2D eigenvalue weighted by atomic mass is 10.1. The SMILES string of the molecule is CN(C)c1ccc(/C=N/N=C(\N/N=C/c2ccc(N(C)C)cc2)S/C=C/C(=O)c2ccccc2)cc1. The maximum atomic E-state index is 12.3. The van der Waals surface area contributed by atoms with Gasteiger partial charge < -0.3 is 9.80 Å². The van der Waals surface area contributed by atoms with E-state index < -0.39 is 0 Å². The van der Waals surface area contributed by atoms with E-state index in [1.807, 2.05) is 105 Å². The molecule has 36 heavy (non-hydrogen) atoms. The van der Waals surface area contributed by atoms with Gasteiger partial charge in [0.25, 0.3) is 0 Å². The molecule has 0 saturated heterocycles. The second-order valence-electron chi connectivity index (χ2n) is 8.14. The number of amidine groups is 1. The van der Waals surface area contributed by atoms with Crippen LogP contribution in [0.2, 0.25) is 0 Å². The molecule has 0 unspecified atom stereocenters. The Kier molecular flexibility index (Phi) is 10.0. The topological polar surface area (TPSA) is 72.7 Å². The molecule has 0 amide bonds. The van der Waals surface area contributed by atoms with Gasteiger partial charge in [-0.05, 0) is 46.9 Å². The van der Waals surface area contributed by atoms with Crippen molar-refractivity contribution >= 4 is 46.5 Å². The van der Waals surface area contributed by atoms with Gasteiger partial charge in [0.15, 0.2) is 5.78 Å². The maximum absolute atomic E-state index is 12.3. The van der Waals surface area contributed by atoms with Crippen LogP contribution < -0.4 is 15.2 Å². The summed E-state index contributed by atoms with van der Waals surface area (Å²) in [6.45, 7) is 0. The Bertz CT molecular complexity index is 1230. The minimum Gasteiger partial charge on any atom is -0.378 e. The fourth-order valence-corrected chi connectivity index (χ4v) is 3.48. The van der Waals surface area contributed by atoms with Crippen LogP contribution in [0, 0.1) is 0 Å². The molecule has 3 aromatic carbocycles. The first-order valence-electron chi connectivity index (χ1n) is 11.3. The molecular formula is C28H30N6OS. The van der Waals surface area contributed by atoms with Crippen LogP contribution in [-0.2, 0) is 0 Å². The maximum Gasteiger partial charge on any atom is 0.207 e. The minimum atomic E-state index is -0.0867. The largest absolute Gasteiger partial charge is 0.378 e. The number of nitrogens with zero attached hydrogens (tertiary/aromatic N) is 5. The molecular weight excluding hydrogens is 468 g/mol. The van der Waals surface area contributed by atoms with Gasteiger partial charge in [-0.3, -0.25) is 10.2 Å². The zero-order chi connectivity index (χ0) is 25.8. The molecule has 0 spiro atoms. The number of anilines is 2. The number of thioether (sulfide) groups is 1. The van der Waals surface area contributed by atoms with Crippen LogP contribution in [0.5, 0.6) is 0 Å². The first-order chi connectivity index (χ1) is 17.4. The molecule has 0 aliphatic rings. The van der Waals surface area contributed by atoms with E-state index in [2.05, 4.69) is 20.7 Å². The highest BCUT2D eigenvalue weighted by atomic mass is 32.2. The van der Waals surface area contributed by atoms with Crippen molar-refractivity contribution in [3.05, 3.63) is 107 Å². The number of benzene rings is 3. The Balaban J connectivity index is 1.70. The van der Waals surface area contributed by atoms with Gasteiger partial charge in [0, 0.05) is 45.1 Å². The summed E-state index contributed by atoms with van der Waals surface area (Å²) >= 11 is 1.22. The third kappa shape index (κ3) is 8.56. The summed E-state index contributed by atoms with van der Waals surface area (Å²) in [5.74, 6) is -0.0867. The lowest BCUT2D eigenvalue weighted by molar-refractivity contribution is 0.104. The van der Waals surface area contributed by atoms with E-state index in [0.717, 1.165) is 22.5 Å². The van der Waals surface area contributed by atoms with Gasteiger partial charge in [-0.25, -0.2) is 0 Å². The van der Waals surface area contributed by atoms with Crippen molar-refractivity contribution in [3.8, 4) is 0 Å². The first-order valence-corrected chi connectivity index (χ1v) is 12.2. The highest BCUT2D eigenvalue weighted by molar-refractivity contribution is 8.16. The van der Waals surface area contributed by atoms with Crippen molar-refractivity contribution in [1.82, 2.24) is 5.43 Å². The number of carbonyl (C=O) groups excluding carboxylic acids is 1. The quantitative estimate of drug-likeness (QED) is 0.143. The molecule has 0 aromatic heterocycles. The third-order valence-corrected chi connectivity index (χ3v) is 5.67. The van der Waals surface area contributed by atoms with Gasteiger partial charge in [-0.15, -0.1) is 5.10 Å². The van der Waals surface area contributed by atoms with E-state index in [0.29, 0.717) is 10.7 Å². The molecule has 0 aliphatic carbocycles. The zero-order valence-electron chi connectivity index (χ0n) is 20.9. The number of allylic oxidation sites excluding steroid dienone is 1. The number of hydrazone groups is 1. The first kappa shape index (κ1) is 26.4. The Morgan fingerprint density at radius 3 is 1.89 bits per heavy atom. The lowest BCUT2D eigenvalue weighted by Crippen LogP contribution is -2.13. The molecule has 184 valence electrons. The van der Waals surface area contributed by atoms with Crippen LogP contribution in [0.1, 0.15) is 21.5 Å². The lowest BCUT2D eigenvalue weighted by Gasteiger charge is -2.11. The molecule has 0 radical (unpaired) electrons. The predicted molar refractivity (Wildman–Crippen MR) is 155 cm³/mol. The van der Waals surface area contributed by atoms with Crippen molar-refractivity contribution in [3.63, 3.8) is 0 Å². The van der Waals surface area contributed by atoms with Crippen molar-refractivity contribution in [2.75, 3.05) is 38.0 Å². The van der Waals surface area contributed by atoms with Crippen LogP contribution in [0.25, 0.3) is 0 Å². The Morgan fingerprint density at radius 2 is 1.33 bits per heavy atom. The Morgan fingerprint density at radius 1 is 0.778 bits per heavy atom. The van der Waals surface area contributed by atoms with Gasteiger partial charge in [0.05, 0.1) is 12.4 Å². The summed E-state index contributed by atoms with van der Waals surface area (Å²) in [5.41, 5.74) is 7.62. The fourth-order valence-electron chi connectivity index (χ4n) is 2.96. The van der Waals surface area contributed by atoms with Crippen molar-refractivity contribution in [2.24, 2.45) is 15.3 Å². The van der Waals surface area contributed by atoms with E-state index in [1.165, 1.54) is 17.8 Å². The molecule has 0 aliphatic heterocycles. The van der Waals surface area contributed by atoms with Crippen molar-refractivity contribution < 1.29 is 4.79 Å². The highest BCUT2D eigenvalue weighted by Crippen LogP contribution is 2.13. The highest BCUT2D eigenvalue weighted by Gasteiger charge is 2.02.